The standard InChI is InChI=1S/C9H11NO2/c1-7-4-2-3-5-8(7)12-9(11)6-10/h2-5H,6,10H2,1H3. The second-order valence-electron chi connectivity index (χ2n) is 2.44. The highest BCUT2D eigenvalue weighted by Gasteiger charge is 2.02. The van der Waals surface area contributed by atoms with Gasteiger partial charge in [0, 0.05) is 0 Å². The number of esters is 1. The molecule has 0 aliphatic rings. The molecule has 1 aromatic rings. The molecule has 0 fully saturated rings. The van der Waals surface area contributed by atoms with Crippen molar-refractivity contribution in [3.05, 3.63) is 29.8 Å². The molecule has 2 N–H and O–H groups in total. The predicted molar refractivity (Wildman–Crippen MR) is 45.9 cm³/mol. The van der Waals surface area contributed by atoms with Crippen molar-refractivity contribution in [3.8, 4) is 5.75 Å². The molecule has 3 heteroatoms. The van der Waals surface area contributed by atoms with Crippen LogP contribution in [0.4, 0.5) is 0 Å². The minimum Gasteiger partial charge on any atom is -0.425 e. The van der Waals surface area contributed by atoms with E-state index in [1.807, 2.05) is 25.1 Å². The Bertz CT molecular complexity index is 284. The van der Waals surface area contributed by atoms with Gasteiger partial charge in [-0.2, -0.15) is 0 Å². The third kappa shape index (κ3) is 2.07. The monoisotopic (exact) mass is 165 g/mol. The Morgan fingerprint density at radius 2 is 2.17 bits per heavy atom. The van der Waals surface area contributed by atoms with Crippen molar-refractivity contribution in [1.82, 2.24) is 0 Å². The van der Waals surface area contributed by atoms with E-state index in [-0.39, 0.29) is 6.54 Å². The van der Waals surface area contributed by atoms with Crippen LogP contribution < -0.4 is 10.5 Å². The Kier molecular flexibility index (Phi) is 2.82. The Labute approximate surface area is 71.1 Å². The van der Waals surface area contributed by atoms with E-state index in [2.05, 4.69) is 0 Å². The minimum absolute atomic E-state index is 0.0890. The van der Waals surface area contributed by atoms with E-state index in [1.54, 1.807) is 6.07 Å². The summed E-state index contributed by atoms with van der Waals surface area (Å²) in [6.07, 6.45) is 0. The Morgan fingerprint density at radius 3 is 2.75 bits per heavy atom. The van der Waals surface area contributed by atoms with Crippen LogP contribution in [0.2, 0.25) is 0 Å². The number of nitrogens with two attached hydrogens (primary N) is 1. The largest absolute Gasteiger partial charge is 0.425 e. The first kappa shape index (κ1) is 8.74. The van der Waals surface area contributed by atoms with E-state index in [0.717, 1.165) is 5.56 Å². The summed E-state index contributed by atoms with van der Waals surface area (Å²) in [5, 5.41) is 0. The van der Waals surface area contributed by atoms with Gasteiger partial charge in [0.2, 0.25) is 0 Å². The molecular formula is C9H11NO2. The summed E-state index contributed by atoms with van der Waals surface area (Å²) in [5.74, 6) is 0.164. The summed E-state index contributed by atoms with van der Waals surface area (Å²) in [5.41, 5.74) is 6.03. The SMILES string of the molecule is Cc1ccccc1OC(=O)CN. The van der Waals surface area contributed by atoms with E-state index in [1.165, 1.54) is 0 Å². The highest BCUT2D eigenvalue weighted by Crippen LogP contribution is 2.15. The topological polar surface area (TPSA) is 52.3 Å². The van der Waals surface area contributed by atoms with Gasteiger partial charge in [-0.15, -0.1) is 0 Å². The maximum atomic E-state index is 10.8. The maximum absolute atomic E-state index is 10.8. The maximum Gasteiger partial charge on any atom is 0.325 e. The van der Waals surface area contributed by atoms with Crippen molar-refractivity contribution in [1.29, 1.82) is 0 Å². The summed E-state index contributed by atoms with van der Waals surface area (Å²) in [4.78, 5) is 10.8. The van der Waals surface area contributed by atoms with Gasteiger partial charge in [0.15, 0.2) is 0 Å². The Hall–Kier alpha value is -1.35. The Balaban J connectivity index is 2.75. The second-order valence-corrected chi connectivity index (χ2v) is 2.44. The molecule has 0 aliphatic heterocycles. The molecule has 0 amide bonds. The smallest absolute Gasteiger partial charge is 0.325 e. The highest BCUT2D eigenvalue weighted by molar-refractivity contribution is 5.74. The molecule has 0 saturated carbocycles. The van der Waals surface area contributed by atoms with Crippen molar-refractivity contribution in [2.45, 2.75) is 6.92 Å². The lowest BCUT2D eigenvalue weighted by molar-refractivity contribution is -0.132. The van der Waals surface area contributed by atoms with Crippen LogP contribution in [0, 0.1) is 6.92 Å². The summed E-state index contributed by atoms with van der Waals surface area (Å²) < 4.78 is 4.93. The first-order valence-corrected chi connectivity index (χ1v) is 3.70. The molecule has 0 aliphatic carbocycles. The first-order chi connectivity index (χ1) is 5.74. The molecule has 12 heavy (non-hydrogen) atoms. The average molecular weight is 165 g/mol. The van der Waals surface area contributed by atoms with Gasteiger partial charge in [0.05, 0.1) is 6.54 Å². The summed E-state index contributed by atoms with van der Waals surface area (Å²) in [6, 6.07) is 7.31. The van der Waals surface area contributed by atoms with Gasteiger partial charge < -0.3 is 10.5 Å². The van der Waals surface area contributed by atoms with Crippen molar-refractivity contribution in [2.24, 2.45) is 5.73 Å². The normalized spacial score (nSPS) is 9.50. The van der Waals surface area contributed by atoms with Crippen molar-refractivity contribution in [2.75, 3.05) is 6.54 Å². The van der Waals surface area contributed by atoms with E-state index in [9.17, 15) is 4.79 Å². The number of ether oxygens (including phenoxy) is 1. The zero-order valence-corrected chi connectivity index (χ0v) is 6.91. The fourth-order valence-corrected chi connectivity index (χ4v) is 0.835. The number of rotatable bonds is 2. The van der Waals surface area contributed by atoms with Crippen LogP contribution in [0.25, 0.3) is 0 Å². The van der Waals surface area contributed by atoms with Crippen LogP contribution in [-0.4, -0.2) is 12.5 Å². The van der Waals surface area contributed by atoms with Crippen LogP contribution in [0.5, 0.6) is 5.75 Å². The number of hydrogen-bond donors (Lipinski definition) is 1. The third-order valence-electron chi connectivity index (χ3n) is 1.48. The molecule has 0 atom stereocenters. The Morgan fingerprint density at radius 1 is 1.50 bits per heavy atom. The van der Waals surface area contributed by atoms with Crippen LogP contribution in [-0.2, 0) is 4.79 Å². The van der Waals surface area contributed by atoms with Gasteiger partial charge in [-0.1, -0.05) is 18.2 Å². The molecule has 0 bridgehead atoms. The average Bonchev–Trinajstić information content (AvgIpc) is 2.09. The van der Waals surface area contributed by atoms with Crippen LogP contribution in [0.3, 0.4) is 0 Å². The summed E-state index contributed by atoms with van der Waals surface area (Å²) in [7, 11) is 0. The van der Waals surface area contributed by atoms with Gasteiger partial charge in [-0.05, 0) is 18.6 Å². The van der Waals surface area contributed by atoms with Gasteiger partial charge in [0.25, 0.3) is 0 Å². The molecule has 1 aromatic carbocycles. The van der Waals surface area contributed by atoms with Crippen LogP contribution in [0.15, 0.2) is 24.3 Å². The molecule has 0 aromatic heterocycles. The highest BCUT2D eigenvalue weighted by atomic mass is 16.5. The molecule has 0 radical (unpaired) electrons. The lowest BCUT2D eigenvalue weighted by Gasteiger charge is -2.04. The van der Waals surface area contributed by atoms with Crippen molar-refractivity contribution < 1.29 is 9.53 Å². The van der Waals surface area contributed by atoms with Gasteiger partial charge in [-0.25, -0.2) is 0 Å². The van der Waals surface area contributed by atoms with Crippen molar-refractivity contribution >= 4 is 5.97 Å². The lowest BCUT2D eigenvalue weighted by atomic mass is 10.2. The van der Waals surface area contributed by atoms with Gasteiger partial charge in [-0.3, -0.25) is 4.79 Å². The lowest BCUT2D eigenvalue weighted by Crippen LogP contribution is -2.19. The number of carbonyl (C=O) groups is 1. The fourth-order valence-electron chi connectivity index (χ4n) is 0.835. The molecule has 1 rings (SSSR count). The number of carbonyl (C=O) groups excluding carboxylic acids is 1. The minimum atomic E-state index is -0.413. The first-order valence-electron chi connectivity index (χ1n) is 3.70. The number of benzene rings is 1. The van der Waals surface area contributed by atoms with E-state index in [0.29, 0.717) is 5.75 Å². The van der Waals surface area contributed by atoms with E-state index >= 15 is 0 Å². The molecule has 0 unspecified atom stereocenters. The number of para-hydroxylation sites is 1. The van der Waals surface area contributed by atoms with Crippen LogP contribution >= 0.6 is 0 Å². The predicted octanol–water partition coefficient (Wildman–Crippen LogP) is 0.859. The molecule has 3 nitrogen and oxygen atoms in total. The molecule has 0 spiro atoms. The third-order valence-corrected chi connectivity index (χ3v) is 1.48. The van der Waals surface area contributed by atoms with Gasteiger partial charge in [0.1, 0.15) is 5.75 Å². The number of hydrogen-bond acceptors (Lipinski definition) is 3. The van der Waals surface area contributed by atoms with Crippen molar-refractivity contribution in [3.63, 3.8) is 0 Å². The second kappa shape index (κ2) is 3.88. The molecule has 0 heterocycles. The van der Waals surface area contributed by atoms with E-state index in [4.69, 9.17) is 10.5 Å². The fraction of sp³-hybridized carbons (Fsp3) is 0.222. The molecule has 0 saturated heterocycles. The zero-order chi connectivity index (χ0) is 8.97. The molecular weight excluding hydrogens is 154 g/mol. The van der Waals surface area contributed by atoms with Gasteiger partial charge >= 0.3 is 5.97 Å². The summed E-state index contributed by atoms with van der Waals surface area (Å²) in [6.45, 7) is 1.79. The van der Waals surface area contributed by atoms with E-state index < -0.39 is 5.97 Å². The summed E-state index contributed by atoms with van der Waals surface area (Å²) >= 11 is 0. The quantitative estimate of drug-likeness (QED) is 0.522. The number of aryl methyl sites for hydroxylation is 1. The van der Waals surface area contributed by atoms with Crippen LogP contribution in [0.1, 0.15) is 5.56 Å². The zero-order valence-electron chi connectivity index (χ0n) is 6.91. The molecule has 64 valence electrons.